The molecular weight excluding hydrogens is 199 g/mol. The summed E-state index contributed by atoms with van der Waals surface area (Å²) >= 11 is 0.973. The summed E-state index contributed by atoms with van der Waals surface area (Å²) in [6.45, 7) is 5.40. The van der Waals surface area contributed by atoms with Crippen molar-refractivity contribution in [1.29, 1.82) is 0 Å². The van der Waals surface area contributed by atoms with Gasteiger partial charge in [-0.05, 0) is 12.8 Å². The van der Waals surface area contributed by atoms with E-state index in [-0.39, 0.29) is 11.3 Å². The highest BCUT2D eigenvalue weighted by molar-refractivity contribution is 8.00. The largest absolute Gasteiger partial charge is 0.402 e. The summed E-state index contributed by atoms with van der Waals surface area (Å²) < 4.78 is 37.5. The summed E-state index contributed by atoms with van der Waals surface area (Å²) in [4.78, 5) is 0. The number of hydrogen-bond donors (Lipinski definition) is 1. The molecule has 3 atom stereocenters. The molecule has 1 rings (SSSR count). The van der Waals surface area contributed by atoms with E-state index in [0.29, 0.717) is 0 Å². The molecule has 0 aromatic heterocycles. The highest BCUT2D eigenvalue weighted by Gasteiger charge is 2.50. The van der Waals surface area contributed by atoms with Gasteiger partial charge in [-0.15, -0.1) is 11.8 Å². The van der Waals surface area contributed by atoms with E-state index < -0.39 is 17.5 Å². The highest BCUT2D eigenvalue weighted by Crippen LogP contribution is 2.41. The number of hydrogen-bond acceptors (Lipinski definition) is 2. The summed E-state index contributed by atoms with van der Waals surface area (Å²) in [6, 6.07) is -0.444. The summed E-state index contributed by atoms with van der Waals surface area (Å²) in [5, 5.41) is 1.61. The third-order valence-electron chi connectivity index (χ3n) is 2.14. The Morgan fingerprint density at radius 3 is 2.15 bits per heavy atom. The van der Waals surface area contributed by atoms with Crippen molar-refractivity contribution in [2.45, 2.75) is 43.6 Å². The zero-order valence-corrected chi connectivity index (χ0v) is 8.67. The predicted octanol–water partition coefficient (Wildman–Crippen LogP) is 2.62. The van der Waals surface area contributed by atoms with Crippen LogP contribution in [0.5, 0.6) is 0 Å². The standard InChI is InChI=1S/C8H14F3NS/c1-4(2)6-7(8(9,10)11)13-5(3)12-6/h4-7,12H,1-3H3. The molecule has 0 radical (unpaired) electrons. The Balaban J connectivity index is 2.72. The molecule has 78 valence electrons. The third kappa shape index (κ3) is 2.53. The Kier molecular flexibility index (Phi) is 3.17. The number of thioether (sulfide) groups is 1. The van der Waals surface area contributed by atoms with Crippen LogP contribution >= 0.6 is 11.8 Å². The third-order valence-corrected chi connectivity index (χ3v) is 3.54. The van der Waals surface area contributed by atoms with Gasteiger partial charge >= 0.3 is 6.18 Å². The second-order valence-electron chi connectivity index (χ2n) is 3.68. The lowest BCUT2D eigenvalue weighted by Gasteiger charge is -2.23. The van der Waals surface area contributed by atoms with Crippen molar-refractivity contribution in [2.24, 2.45) is 5.92 Å². The Bertz CT molecular complexity index is 181. The van der Waals surface area contributed by atoms with Crippen molar-refractivity contribution >= 4 is 11.8 Å². The number of rotatable bonds is 1. The second-order valence-corrected chi connectivity index (χ2v) is 5.16. The van der Waals surface area contributed by atoms with Gasteiger partial charge in [-0.25, -0.2) is 0 Å². The van der Waals surface area contributed by atoms with E-state index in [1.54, 1.807) is 6.92 Å². The van der Waals surface area contributed by atoms with Gasteiger partial charge in [-0.3, -0.25) is 0 Å². The Morgan fingerprint density at radius 2 is 1.85 bits per heavy atom. The quantitative estimate of drug-likeness (QED) is 0.718. The van der Waals surface area contributed by atoms with Gasteiger partial charge in [0.25, 0.3) is 0 Å². The molecule has 0 aromatic carbocycles. The molecule has 0 amide bonds. The molecule has 1 N–H and O–H groups in total. The molecule has 13 heavy (non-hydrogen) atoms. The van der Waals surface area contributed by atoms with Crippen LogP contribution in [0.15, 0.2) is 0 Å². The fourth-order valence-electron chi connectivity index (χ4n) is 1.53. The van der Waals surface area contributed by atoms with Crippen LogP contribution in [-0.4, -0.2) is 22.8 Å². The molecular formula is C8H14F3NS. The van der Waals surface area contributed by atoms with Gasteiger partial charge in [0.05, 0.1) is 5.37 Å². The molecule has 1 nitrogen and oxygen atoms in total. The molecule has 0 aliphatic carbocycles. The number of nitrogens with one attached hydrogen (secondary N) is 1. The summed E-state index contributed by atoms with van der Waals surface area (Å²) in [6.07, 6.45) is -4.09. The maximum Gasteiger partial charge on any atom is 0.402 e. The molecule has 5 heteroatoms. The lowest BCUT2D eigenvalue weighted by Crippen LogP contribution is -2.43. The van der Waals surface area contributed by atoms with Gasteiger partial charge in [-0.1, -0.05) is 13.8 Å². The van der Waals surface area contributed by atoms with E-state index in [0.717, 1.165) is 11.8 Å². The zero-order valence-electron chi connectivity index (χ0n) is 7.85. The van der Waals surface area contributed by atoms with Crippen LogP contribution in [0.1, 0.15) is 20.8 Å². The van der Waals surface area contributed by atoms with Crippen molar-refractivity contribution in [1.82, 2.24) is 5.32 Å². The molecule has 0 spiro atoms. The number of halogens is 3. The maximum absolute atomic E-state index is 12.5. The van der Waals surface area contributed by atoms with E-state index in [4.69, 9.17) is 0 Å². The van der Waals surface area contributed by atoms with Crippen molar-refractivity contribution in [3.05, 3.63) is 0 Å². The lowest BCUT2D eigenvalue weighted by atomic mass is 10.0. The van der Waals surface area contributed by atoms with Gasteiger partial charge in [0.2, 0.25) is 0 Å². The first-order chi connectivity index (χ1) is 5.82. The smallest absolute Gasteiger partial charge is 0.301 e. The minimum absolute atomic E-state index is 0.0177. The van der Waals surface area contributed by atoms with Crippen LogP contribution in [0.25, 0.3) is 0 Å². The molecule has 0 saturated carbocycles. The molecule has 0 bridgehead atoms. The van der Waals surface area contributed by atoms with Gasteiger partial charge in [0.15, 0.2) is 0 Å². The van der Waals surface area contributed by atoms with E-state index in [1.165, 1.54) is 0 Å². The van der Waals surface area contributed by atoms with E-state index in [1.807, 2.05) is 13.8 Å². The summed E-state index contributed by atoms with van der Waals surface area (Å²) in [5.74, 6) is 0.0177. The zero-order chi connectivity index (χ0) is 10.2. The fourth-order valence-corrected chi connectivity index (χ4v) is 2.92. The normalized spacial score (nSPS) is 35.8. The SMILES string of the molecule is CC1NC(C(C)C)C(C(F)(F)F)S1. The van der Waals surface area contributed by atoms with Crippen molar-refractivity contribution in [2.75, 3.05) is 0 Å². The van der Waals surface area contributed by atoms with Crippen molar-refractivity contribution in [3.8, 4) is 0 Å². The van der Waals surface area contributed by atoms with Crippen molar-refractivity contribution in [3.63, 3.8) is 0 Å². The van der Waals surface area contributed by atoms with Crippen LogP contribution in [-0.2, 0) is 0 Å². The first-order valence-electron chi connectivity index (χ1n) is 4.30. The van der Waals surface area contributed by atoms with Gasteiger partial charge in [0, 0.05) is 6.04 Å². The van der Waals surface area contributed by atoms with Gasteiger partial charge in [-0.2, -0.15) is 13.2 Å². The summed E-state index contributed by atoms with van der Waals surface area (Å²) in [5.41, 5.74) is 0. The monoisotopic (exact) mass is 213 g/mol. The Hall–Kier alpha value is 0.100. The average Bonchev–Trinajstić information content (AvgIpc) is 2.29. The predicted molar refractivity (Wildman–Crippen MR) is 48.7 cm³/mol. The average molecular weight is 213 g/mol. The topological polar surface area (TPSA) is 12.0 Å². The van der Waals surface area contributed by atoms with Crippen LogP contribution in [0.4, 0.5) is 13.2 Å². The molecule has 1 fully saturated rings. The summed E-state index contributed by atoms with van der Waals surface area (Å²) in [7, 11) is 0. The van der Waals surface area contributed by atoms with Gasteiger partial charge in [0.1, 0.15) is 5.25 Å². The van der Waals surface area contributed by atoms with E-state index in [9.17, 15) is 13.2 Å². The lowest BCUT2D eigenvalue weighted by molar-refractivity contribution is -0.134. The van der Waals surface area contributed by atoms with E-state index >= 15 is 0 Å². The van der Waals surface area contributed by atoms with Gasteiger partial charge < -0.3 is 5.32 Å². The maximum atomic E-state index is 12.5. The molecule has 1 aliphatic heterocycles. The molecule has 0 aromatic rings. The fraction of sp³-hybridized carbons (Fsp3) is 1.00. The molecule has 1 heterocycles. The van der Waals surface area contributed by atoms with Crippen LogP contribution in [0, 0.1) is 5.92 Å². The van der Waals surface area contributed by atoms with Crippen LogP contribution < -0.4 is 5.32 Å². The van der Waals surface area contributed by atoms with Crippen LogP contribution in [0.2, 0.25) is 0 Å². The highest BCUT2D eigenvalue weighted by atomic mass is 32.2. The molecule has 1 saturated heterocycles. The molecule has 3 unspecified atom stereocenters. The molecule has 1 aliphatic rings. The van der Waals surface area contributed by atoms with Crippen LogP contribution in [0.3, 0.4) is 0 Å². The van der Waals surface area contributed by atoms with Crippen molar-refractivity contribution < 1.29 is 13.2 Å². The second kappa shape index (κ2) is 3.69. The minimum atomic E-state index is -4.09. The first kappa shape index (κ1) is 11.2. The minimum Gasteiger partial charge on any atom is -0.301 e. The number of alkyl halides is 3. The Labute approximate surface area is 80.5 Å². The first-order valence-corrected chi connectivity index (χ1v) is 5.25. The Morgan fingerprint density at radius 1 is 1.31 bits per heavy atom. The van der Waals surface area contributed by atoms with E-state index in [2.05, 4.69) is 5.32 Å².